The lowest BCUT2D eigenvalue weighted by Crippen LogP contribution is -2.41. The lowest BCUT2D eigenvalue weighted by Gasteiger charge is -2.27. The van der Waals surface area contributed by atoms with Crippen LogP contribution in [0.4, 0.5) is 5.82 Å². The summed E-state index contributed by atoms with van der Waals surface area (Å²) in [5.74, 6) is 5.39. The molecule has 104 valence electrons. The summed E-state index contributed by atoms with van der Waals surface area (Å²) in [6.07, 6.45) is 3.25. The molecule has 1 fully saturated rings. The fourth-order valence-electron chi connectivity index (χ4n) is 2.07. The third-order valence-corrected chi connectivity index (χ3v) is 3.35. The SMILES string of the molecule is CC1CC(NC(=O)c2cnc(NN)c(Cl)c2)CCO1. The van der Waals surface area contributed by atoms with Gasteiger partial charge in [0.05, 0.1) is 16.7 Å². The third kappa shape index (κ3) is 3.56. The minimum absolute atomic E-state index is 0.127. The maximum atomic E-state index is 12.1. The van der Waals surface area contributed by atoms with Crippen LogP contribution in [0.1, 0.15) is 30.1 Å². The molecule has 1 saturated heterocycles. The van der Waals surface area contributed by atoms with Gasteiger partial charge in [0.2, 0.25) is 0 Å². The van der Waals surface area contributed by atoms with Crippen molar-refractivity contribution in [1.29, 1.82) is 0 Å². The van der Waals surface area contributed by atoms with Crippen molar-refractivity contribution in [2.24, 2.45) is 5.84 Å². The molecule has 6 nitrogen and oxygen atoms in total. The monoisotopic (exact) mass is 284 g/mol. The number of aromatic nitrogens is 1. The molecule has 1 amide bonds. The van der Waals surface area contributed by atoms with Gasteiger partial charge in [-0.05, 0) is 25.8 Å². The molecule has 0 saturated carbocycles. The van der Waals surface area contributed by atoms with Crippen LogP contribution in [0.3, 0.4) is 0 Å². The number of hydrogen-bond acceptors (Lipinski definition) is 5. The van der Waals surface area contributed by atoms with Crippen LogP contribution in [-0.4, -0.2) is 29.6 Å². The first-order chi connectivity index (χ1) is 9.10. The van der Waals surface area contributed by atoms with Crippen LogP contribution in [0.2, 0.25) is 5.02 Å². The number of hydrazine groups is 1. The number of pyridine rings is 1. The number of hydrogen-bond donors (Lipinski definition) is 3. The van der Waals surface area contributed by atoms with Crippen LogP contribution in [0, 0.1) is 0 Å². The third-order valence-electron chi connectivity index (χ3n) is 3.06. The van der Waals surface area contributed by atoms with Crippen molar-refractivity contribution in [3.05, 3.63) is 22.8 Å². The molecule has 0 radical (unpaired) electrons. The highest BCUT2D eigenvalue weighted by Gasteiger charge is 2.21. The van der Waals surface area contributed by atoms with Gasteiger partial charge in [-0.2, -0.15) is 0 Å². The van der Waals surface area contributed by atoms with Crippen LogP contribution in [0.25, 0.3) is 0 Å². The first kappa shape index (κ1) is 14.0. The van der Waals surface area contributed by atoms with E-state index in [0.29, 0.717) is 23.0 Å². The summed E-state index contributed by atoms with van der Waals surface area (Å²) in [5.41, 5.74) is 2.78. The molecule has 7 heteroatoms. The normalized spacial score (nSPS) is 22.9. The average Bonchev–Trinajstić information content (AvgIpc) is 2.38. The number of carbonyl (C=O) groups excluding carboxylic acids is 1. The fraction of sp³-hybridized carbons (Fsp3) is 0.500. The number of rotatable bonds is 3. The molecule has 2 heterocycles. The molecular formula is C12H17ClN4O2. The van der Waals surface area contributed by atoms with E-state index in [9.17, 15) is 4.79 Å². The number of halogens is 1. The van der Waals surface area contributed by atoms with Crippen LogP contribution in [0.15, 0.2) is 12.3 Å². The number of anilines is 1. The van der Waals surface area contributed by atoms with Crippen molar-refractivity contribution in [3.63, 3.8) is 0 Å². The van der Waals surface area contributed by atoms with Gasteiger partial charge >= 0.3 is 0 Å². The average molecular weight is 285 g/mol. The molecule has 1 aliphatic heterocycles. The number of nitrogens with one attached hydrogen (secondary N) is 2. The Morgan fingerprint density at radius 3 is 3.05 bits per heavy atom. The Hall–Kier alpha value is -1.37. The van der Waals surface area contributed by atoms with Gasteiger partial charge in [0, 0.05) is 18.8 Å². The van der Waals surface area contributed by atoms with Gasteiger partial charge in [-0.3, -0.25) is 4.79 Å². The molecule has 1 aromatic rings. The van der Waals surface area contributed by atoms with Gasteiger partial charge in [-0.1, -0.05) is 11.6 Å². The van der Waals surface area contributed by atoms with E-state index in [0.717, 1.165) is 12.8 Å². The number of nitrogen functional groups attached to an aromatic ring is 1. The number of ether oxygens (including phenoxy) is 1. The van der Waals surface area contributed by atoms with E-state index < -0.39 is 0 Å². The second kappa shape index (κ2) is 6.18. The first-order valence-electron chi connectivity index (χ1n) is 6.14. The molecule has 2 unspecified atom stereocenters. The summed E-state index contributed by atoms with van der Waals surface area (Å²) in [7, 11) is 0. The maximum Gasteiger partial charge on any atom is 0.253 e. The predicted molar refractivity (Wildman–Crippen MR) is 73.0 cm³/mol. The van der Waals surface area contributed by atoms with E-state index in [1.807, 2.05) is 6.92 Å². The molecule has 1 aliphatic rings. The molecule has 1 aromatic heterocycles. The van der Waals surface area contributed by atoms with Gasteiger partial charge in [-0.15, -0.1) is 0 Å². The minimum Gasteiger partial charge on any atom is -0.378 e. The second-order valence-electron chi connectivity index (χ2n) is 4.57. The number of amides is 1. The highest BCUT2D eigenvalue weighted by molar-refractivity contribution is 6.33. The number of carbonyl (C=O) groups is 1. The van der Waals surface area contributed by atoms with Crippen LogP contribution < -0.4 is 16.6 Å². The first-order valence-corrected chi connectivity index (χ1v) is 6.52. The van der Waals surface area contributed by atoms with Crippen molar-refractivity contribution in [1.82, 2.24) is 10.3 Å². The van der Waals surface area contributed by atoms with Crippen molar-refractivity contribution in [2.45, 2.75) is 31.9 Å². The van der Waals surface area contributed by atoms with E-state index in [2.05, 4.69) is 15.7 Å². The van der Waals surface area contributed by atoms with E-state index in [-0.39, 0.29) is 18.1 Å². The van der Waals surface area contributed by atoms with Gasteiger partial charge in [-0.25, -0.2) is 10.8 Å². The zero-order valence-electron chi connectivity index (χ0n) is 10.6. The highest BCUT2D eigenvalue weighted by atomic mass is 35.5. The van der Waals surface area contributed by atoms with Crippen molar-refractivity contribution >= 4 is 23.3 Å². The summed E-state index contributed by atoms with van der Waals surface area (Å²) in [4.78, 5) is 16.0. The van der Waals surface area contributed by atoms with E-state index >= 15 is 0 Å². The zero-order chi connectivity index (χ0) is 13.8. The van der Waals surface area contributed by atoms with E-state index in [1.54, 1.807) is 6.07 Å². The number of nitrogens with zero attached hydrogens (tertiary/aromatic N) is 1. The van der Waals surface area contributed by atoms with Gasteiger partial charge in [0.25, 0.3) is 5.91 Å². The summed E-state index contributed by atoms with van der Waals surface area (Å²) in [6, 6.07) is 1.67. The van der Waals surface area contributed by atoms with Crippen molar-refractivity contribution < 1.29 is 9.53 Å². The Morgan fingerprint density at radius 2 is 2.42 bits per heavy atom. The van der Waals surface area contributed by atoms with Crippen molar-refractivity contribution in [2.75, 3.05) is 12.0 Å². The second-order valence-corrected chi connectivity index (χ2v) is 4.98. The van der Waals surface area contributed by atoms with E-state index in [4.69, 9.17) is 22.2 Å². The summed E-state index contributed by atoms with van der Waals surface area (Å²) in [6.45, 7) is 2.67. The molecule has 0 aromatic carbocycles. The van der Waals surface area contributed by atoms with Crippen LogP contribution in [-0.2, 0) is 4.74 Å². The fourth-order valence-corrected chi connectivity index (χ4v) is 2.29. The largest absolute Gasteiger partial charge is 0.378 e. The molecule has 0 aliphatic carbocycles. The molecule has 2 rings (SSSR count). The smallest absolute Gasteiger partial charge is 0.253 e. The lowest BCUT2D eigenvalue weighted by atomic mass is 10.0. The van der Waals surface area contributed by atoms with Gasteiger partial charge in [0.15, 0.2) is 5.82 Å². The Kier molecular flexibility index (Phi) is 4.57. The Morgan fingerprint density at radius 1 is 1.63 bits per heavy atom. The van der Waals surface area contributed by atoms with Crippen LogP contribution in [0.5, 0.6) is 0 Å². The summed E-state index contributed by atoms with van der Waals surface area (Å²) in [5, 5.41) is 3.28. The van der Waals surface area contributed by atoms with Gasteiger partial charge < -0.3 is 15.5 Å². The molecule has 4 N–H and O–H groups in total. The molecule has 19 heavy (non-hydrogen) atoms. The molecule has 2 atom stereocenters. The Bertz CT molecular complexity index is 469. The summed E-state index contributed by atoms with van der Waals surface area (Å²) >= 11 is 5.93. The zero-order valence-corrected chi connectivity index (χ0v) is 11.4. The van der Waals surface area contributed by atoms with Gasteiger partial charge in [0.1, 0.15) is 0 Å². The Balaban J connectivity index is 2.01. The molecular weight excluding hydrogens is 268 g/mol. The maximum absolute atomic E-state index is 12.1. The van der Waals surface area contributed by atoms with E-state index in [1.165, 1.54) is 6.20 Å². The summed E-state index contributed by atoms with van der Waals surface area (Å²) < 4.78 is 5.44. The minimum atomic E-state index is -0.183. The van der Waals surface area contributed by atoms with Crippen LogP contribution >= 0.6 is 11.6 Å². The number of nitrogens with two attached hydrogens (primary N) is 1. The quantitative estimate of drug-likeness (QED) is 0.575. The lowest BCUT2D eigenvalue weighted by molar-refractivity contribution is 0.0136. The molecule has 0 spiro atoms. The highest BCUT2D eigenvalue weighted by Crippen LogP contribution is 2.19. The standard InChI is InChI=1S/C12H17ClN4O2/c1-7-4-9(2-3-19-7)16-12(18)8-5-10(13)11(17-14)15-6-8/h5-7,9H,2-4,14H2,1H3,(H,15,17)(H,16,18). The Labute approximate surface area is 116 Å². The topological polar surface area (TPSA) is 89.3 Å². The van der Waals surface area contributed by atoms with Crippen molar-refractivity contribution in [3.8, 4) is 0 Å². The predicted octanol–water partition coefficient (Wildman–Crippen LogP) is 1.32. The molecule has 0 bridgehead atoms.